The molecule has 0 saturated heterocycles. The fraction of sp³-hybridized carbons (Fsp3) is 0.231. The molecule has 1 aromatic carbocycles. The highest BCUT2D eigenvalue weighted by Crippen LogP contribution is 2.27. The Morgan fingerprint density at radius 1 is 1.25 bits per heavy atom. The van der Waals surface area contributed by atoms with E-state index in [1.54, 1.807) is 0 Å². The molecule has 1 aromatic heterocycles. The molecule has 0 aliphatic carbocycles. The molecule has 2 atom stereocenters. The molecule has 2 aromatic rings. The van der Waals surface area contributed by atoms with Crippen LogP contribution < -0.4 is 4.72 Å². The van der Waals surface area contributed by atoms with Crippen LogP contribution in [0.1, 0.15) is 11.7 Å². The van der Waals surface area contributed by atoms with Gasteiger partial charge < -0.3 is 10.2 Å². The van der Waals surface area contributed by atoms with Gasteiger partial charge in [-0.2, -0.15) is 0 Å². The monoisotopic (exact) mass is 392 g/mol. The maximum absolute atomic E-state index is 12.2. The van der Waals surface area contributed by atoms with Crippen LogP contribution in [0.5, 0.6) is 0 Å². The van der Waals surface area contributed by atoms with E-state index in [2.05, 4.69) is 4.72 Å². The highest BCUT2D eigenvalue weighted by molar-refractivity contribution is 7.91. The number of aliphatic hydroxyl groups is 2. The number of nitrogens with zero attached hydrogens (tertiary/aromatic N) is 1. The molecule has 0 saturated carbocycles. The van der Waals surface area contributed by atoms with Gasteiger partial charge in [-0.1, -0.05) is 11.6 Å². The Balaban J connectivity index is 2.19. The van der Waals surface area contributed by atoms with Gasteiger partial charge in [-0.25, -0.2) is 13.1 Å². The van der Waals surface area contributed by atoms with E-state index >= 15 is 0 Å². The van der Waals surface area contributed by atoms with Crippen molar-refractivity contribution in [3.63, 3.8) is 0 Å². The number of hydrogen-bond acceptors (Lipinski definition) is 7. The summed E-state index contributed by atoms with van der Waals surface area (Å²) in [5.41, 5.74) is 0.0619. The van der Waals surface area contributed by atoms with Crippen LogP contribution in [-0.2, 0) is 10.0 Å². The highest BCUT2D eigenvalue weighted by atomic mass is 35.5. The van der Waals surface area contributed by atoms with Crippen molar-refractivity contribution in [1.29, 1.82) is 0 Å². The second-order valence-electron chi connectivity index (χ2n) is 4.76. The quantitative estimate of drug-likeness (QED) is 0.485. The molecule has 0 radical (unpaired) electrons. The Hall–Kier alpha value is -1.56. The zero-order valence-electron chi connectivity index (χ0n) is 12.0. The Kier molecular flexibility index (Phi) is 5.91. The number of non-ortho nitro benzene ring substituents is 1. The van der Waals surface area contributed by atoms with E-state index in [9.17, 15) is 28.7 Å². The number of thiophene rings is 1. The van der Waals surface area contributed by atoms with Crippen molar-refractivity contribution in [3.8, 4) is 0 Å². The standard InChI is InChI=1S/C13H13ClN2O6S2/c14-11-5-6-12(23-11)24(21,22)15-10(7-17)13(18)8-1-3-9(4-2-8)16(19)20/h1-6,10,13,15,17-18H,7H2. The fourth-order valence-electron chi connectivity index (χ4n) is 1.93. The summed E-state index contributed by atoms with van der Waals surface area (Å²) in [6.07, 6.45) is -1.39. The van der Waals surface area contributed by atoms with Gasteiger partial charge >= 0.3 is 0 Å². The molecule has 0 aliphatic heterocycles. The molecule has 0 spiro atoms. The lowest BCUT2D eigenvalue weighted by Crippen LogP contribution is -2.41. The number of nitro benzene ring substituents is 1. The Morgan fingerprint density at radius 2 is 1.88 bits per heavy atom. The maximum atomic E-state index is 12.2. The number of rotatable bonds is 7. The zero-order chi connectivity index (χ0) is 17.9. The Labute approximate surface area is 146 Å². The molecule has 11 heteroatoms. The zero-order valence-corrected chi connectivity index (χ0v) is 14.4. The van der Waals surface area contributed by atoms with Crippen LogP contribution in [0.15, 0.2) is 40.6 Å². The van der Waals surface area contributed by atoms with E-state index in [1.165, 1.54) is 36.4 Å². The lowest BCUT2D eigenvalue weighted by atomic mass is 10.0. The smallest absolute Gasteiger partial charge is 0.269 e. The van der Waals surface area contributed by atoms with Crippen LogP contribution in [0.2, 0.25) is 4.34 Å². The second kappa shape index (κ2) is 7.55. The van der Waals surface area contributed by atoms with Crippen molar-refractivity contribution in [2.75, 3.05) is 6.61 Å². The van der Waals surface area contributed by atoms with Crippen molar-refractivity contribution < 1.29 is 23.6 Å². The predicted molar refractivity (Wildman–Crippen MR) is 88.6 cm³/mol. The molecule has 0 bridgehead atoms. The summed E-state index contributed by atoms with van der Waals surface area (Å²) in [5, 5.41) is 30.3. The van der Waals surface area contributed by atoms with Crippen LogP contribution in [0, 0.1) is 10.1 Å². The number of aliphatic hydroxyl groups excluding tert-OH is 2. The third kappa shape index (κ3) is 4.29. The third-order valence-corrected chi connectivity index (χ3v) is 6.36. The minimum Gasteiger partial charge on any atom is -0.395 e. The molecule has 3 N–H and O–H groups in total. The molecular formula is C13H13ClN2O6S2. The lowest BCUT2D eigenvalue weighted by Gasteiger charge is -2.22. The molecule has 24 heavy (non-hydrogen) atoms. The first-order chi connectivity index (χ1) is 11.2. The number of nitro groups is 1. The summed E-state index contributed by atoms with van der Waals surface area (Å²) in [4.78, 5) is 10.0. The summed E-state index contributed by atoms with van der Waals surface area (Å²) in [5.74, 6) is 0. The van der Waals surface area contributed by atoms with Crippen LogP contribution in [0.25, 0.3) is 0 Å². The van der Waals surface area contributed by atoms with Crippen LogP contribution in [0.4, 0.5) is 5.69 Å². The van der Waals surface area contributed by atoms with Gasteiger partial charge in [0.15, 0.2) is 0 Å². The second-order valence-corrected chi connectivity index (χ2v) is 8.42. The van der Waals surface area contributed by atoms with Gasteiger partial charge in [0.2, 0.25) is 0 Å². The van der Waals surface area contributed by atoms with Crippen LogP contribution in [-0.4, -0.2) is 36.2 Å². The number of hydrogen-bond donors (Lipinski definition) is 3. The van der Waals surface area contributed by atoms with E-state index in [0.29, 0.717) is 0 Å². The molecule has 0 amide bonds. The molecule has 2 unspecified atom stereocenters. The van der Waals surface area contributed by atoms with Crippen molar-refractivity contribution >= 4 is 38.6 Å². The minimum atomic E-state index is -3.97. The Bertz CT molecular complexity index is 821. The number of nitrogens with one attached hydrogen (secondary N) is 1. The topological polar surface area (TPSA) is 130 Å². The average molecular weight is 393 g/mol. The van der Waals surface area contributed by atoms with Crippen molar-refractivity contribution in [1.82, 2.24) is 4.72 Å². The van der Waals surface area contributed by atoms with E-state index < -0.39 is 33.7 Å². The molecule has 130 valence electrons. The Morgan fingerprint density at radius 3 is 2.33 bits per heavy atom. The first-order valence-corrected chi connectivity index (χ1v) is 9.23. The molecule has 1 heterocycles. The van der Waals surface area contributed by atoms with Crippen molar-refractivity contribution in [3.05, 3.63) is 56.4 Å². The minimum absolute atomic E-state index is 0.0538. The van der Waals surface area contributed by atoms with Gasteiger partial charge in [-0.05, 0) is 29.8 Å². The average Bonchev–Trinajstić information content (AvgIpc) is 2.99. The molecule has 2 rings (SSSR count). The van der Waals surface area contributed by atoms with Gasteiger partial charge in [0.25, 0.3) is 15.7 Å². The normalized spacial score (nSPS) is 14.3. The van der Waals surface area contributed by atoms with E-state index in [0.717, 1.165) is 11.3 Å². The van der Waals surface area contributed by atoms with Gasteiger partial charge in [0.05, 0.1) is 28.0 Å². The third-order valence-electron chi connectivity index (χ3n) is 3.14. The molecule has 0 fully saturated rings. The first-order valence-electron chi connectivity index (χ1n) is 6.55. The lowest BCUT2D eigenvalue weighted by molar-refractivity contribution is -0.384. The van der Waals surface area contributed by atoms with E-state index in [1.807, 2.05) is 0 Å². The van der Waals surface area contributed by atoms with Crippen LogP contribution in [0.3, 0.4) is 0 Å². The molecule has 8 nitrogen and oxygen atoms in total. The number of halogens is 1. The van der Waals surface area contributed by atoms with Gasteiger partial charge in [-0.15, -0.1) is 11.3 Å². The van der Waals surface area contributed by atoms with E-state index in [4.69, 9.17) is 11.6 Å². The van der Waals surface area contributed by atoms with Crippen LogP contribution >= 0.6 is 22.9 Å². The highest BCUT2D eigenvalue weighted by Gasteiger charge is 2.27. The van der Waals surface area contributed by atoms with E-state index in [-0.39, 0.29) is 19.8 Å². The van der Waals surface area contributed by atoms with Gasteiger partial charge in [0.1, 0.15) is 4.21 Å². The summed E-state index contributed by atoms with van der Waals surface area (Å²) in [6.45, 7) is -0.670. The fourth-order valence-corrected chi connectivity index (χ4v) is 4.66. The summed E-state index contributed by atoms with van der Waals surface area (Å²) < 4.78 is 26.9. The van der Waals surface area contributed by atoms with Crippen molar-refractivity contribution in [2.45, 2.75) is 16.4 Å². The summed E-state index contributed by atoms with van der Waals surface area (Å²) in [7, 11) is -3.97. The predicted octanol–water partition coefficient (Wildman–Crippen LogP) is 1.68. The van der Waals surface area contributed by atoms with Crippen molar-refractivity contribution in [2.24, 2.45) is 0 Å². The SMILES string of the molecule is O=[N+]([O-])c1ccc(C(O)C(CO)NS(=O)(=O)c2ccc(Cl)s2)cc1. The summed E-state index contributed by atoms with van der Waals surface area (Å²) >= 11 is 6.54. The van der Waals surface area contributed by atoms with Gasteiger partial charge in [-0.3, -0.25) is 10.1 Å². The molecular weight excluding hydrogens is 380 g/mol. The largest absolute Gasteiger partial charge is 0.395 e. The maximum Gasteiger partial charge on any atom is 0.269 e. The number of sulfonamides is 1. The first kappa shape index (κ1) is 18.8. The van der Waals surface area contributed by atoms with Gasteiger partial charge in [0, 0.05) is 12.1 Å². The number of benzene rings is 1. The molecule has 0 aliphatic rings. The summed E-state index contributed by atoms with van der Waals surface area (Å²) in [6, 6.07) is 6.45.